The lowest BCUT2D eigenvalue weighted by molar-refractivity contribution is 0.0306. The number of guanidine groups is 1. The van der Waals surface area contributed by atoms with Crippen LogP contribution in [0.1, 0.15) is 64.5 Å². The number of nitrogens with zero attached hydrogens (tertiary/aromatic N) is 1. The third kappa shape index (κ3) is 5.50. The molecule has 27 heavy (non-hydrogen) atoms. The van der Waals surface area contributed by atoms with Crippen LogP contribution in [0.15, 0.2) is 29.3 Å². The second-order valence-electron chi connectivity index (χ2n) is 8.09. The van der Waals surface area contributed by atoms with Crippen LogP contribution in [0.5, 0.6) is 5.75 Å². The van der Waals surface area contributed by atoms with Gasteiger partial charge in [0.05, 0.1) is 18.2 Å². The summed E-state index contributed by atoms with van der Waals surface area (Å²) >= 11 is 0. The van der Waals surface area contributed by atoms with Gasteiger partial charge in [0, 0.05) is 25.6 Å². The van der Waals surface area contributed by atoms with E-state index in [9.17, 15) is 0 Å². The zero-order valence-corrected chi connectivity index (χ0v) is 19.3. The van der Waals surface area contributed by atoms with E-state index >= 15 is 0 Å². The van der Waals surface area contributed by atoms with Crippen molar-refractivity contribution < 1.29 is 9.47 Å². The minimum atomic E-state index is -0.275. The fraction of sp³-hybridized carbons (Fsp3) is 0.667. The maximum absolute atomic E-state index is 6.46. The van der Waals surface area contributed by atoms with Gasteiger partial charge in [-0.05, 0) is 52.5 Å². The molecule has 0 aromatic heterocycles. The Bertz CT molecular complexity index is 642. The van der Waals surface area contributed by atoms with Gasteiger partial charge in [-0.15, -0.1) is 24.0 Å². The Hall–Kier alpha value is -1.02. The number of halogens is 1. The Morgan fingerprint density at radius 2 is 2.00 bits per heavy atom. The van der Waals surface area contributed by atoms with Gasteiger partial charge in [0.25, 0.3) is 0 Å². The Kier molecular flexibility index (Phi) is 7.80. The lowest BCUT2D eigenvalue weighted by atomic mass is 9.86. The van der Waals surface area contributed by atoms with Gasteiger partial charge in [0.1, 0.15) is 11.4 Å². The van der Waals surface area contributed by atoms with E-state index in [1.54, 1.807) is 7.11 Å². The number of nitrogens with one attached hydrogen (secondary N) is 2. The van der Waals surface area contributed by atoms with Crippen LogP contribution in [0.2, 0.25) is 0 Å². The van der Waals surface area contributed by atoms with E-state index in [0.717, 1.165) is 37.5 Å². The number of methoxy groups -OCH3 is 1. The first-order valence-electron chi connectivity index (χ1n) is 9.85. The summed E-state index contributed by atoms with van der Waals surface area (Å²) in [5, 5.41) is 7.04. The predicted molar refractivity (Wildman–Crippen MR) is 121 cm³/mol. The molecule has 0 saturated heterocycles. The van der Waals surface area contributed by atoms with E-state index < -0.39 is 0 Å². The van der Waals surface area contributed by atoms with Gasteiger partial charge in [-0.25, -0.2) is 0 Å². The van der Waals surface area contributed by atoms with Crippen molar-refractivity contribution >= 4 is 29.9 Å². The summed E-state index contributed by atoms with van der Waals surface area (Å²) < 4.78 is 12.0. The third-order valence-electron chi connectivity index (χ3n) is 5.54. The van der Waals surface area contributed by atoms with Gasteiger partial charge in [-0.1, -0.05) is 18.2 Å². The number of aliphatic imine (C=N–C) groups is 1. The number of hydrogen-bond acceptors (Lipinski definition) is 3. The van der Waals surface area contributed by atoms with E-state index in [4.69, 9.17) is 14.5 Å². The topological polar surface area (TPSA) is 54.9 Å². The molecule has 5 nitrogen and oxygen atoms in total. The van der Waals surface area contributed by atoms with E-state index in [-0.39, 0.29) is 41.2 Å². The van der Waals surface area contributed by atoms with Crippen LogP contribution in [-0.2, 0) is 4.74 Å². The number of ether oxygens (including phenoxy) is 2. The molecule has 1 fully saturated rings. The quantitative estimate of drug-likeness (QED) is 0.367. The smallest absolute Gasteiger partial charge is 0.191 e. The Labute approximate surface area is 180 Å². The molecule has 1 aliphatic carbocycles. The van der Waals surface area contributed by atoms with Crippen molar-refractivity contribution in [2.45, 2.75) is 70.1 Å². The number of rotatable bonds is 5. The van der Waals surface area contributed by atoms with Gasteiger partial charge < -0.3 is 20.1 Å². The second-order valence-corrected chi connectivity index (χ2v) is 8.09. The molecule has 0 bridgehead atoms. The van der Waals surface area contributed by atoms with Crippen LogP contribution in [0.25, 0.3) is 0 Å². The number of para-hydroxylation sites is 1. The van der Waals surface area contributed by atoms with E-state index in [2.05, 4.69) is 55.7 Å². The fourth-order valence-corrected chi connectivity index (χ4v) is 3.89. The first kappa shape index (κ1) is 22.3. The SMILES string of the molecule is CCNC(=NCC(C)(C)OC)NC1CC2(CCCC2)Oc2ccccc21.I. The Balaban J connectivity index is 0.00000261. The van der Waals surface area contributed by atoms with E-state index in [1.807, 2.05) is 0 Å². The van der Waals surface area contributed by atoms with Crippen molar-refractivity contribution in [3.8, 4) is 5.75 Å². The summed E-state index contributed by atoms with van der Waals surface area (Å²) in [5.74, 6) is 1.86. The Morgan fingerprint density at radius 1 is 1.30 bits per heavy atom. The minimum absolute atomic E-state index is 0. The van der Waals surface area contributed by atoms with Gasteiger partial charge in [0.15, 0.2) is 5.96 Å². The van der Waals surface area contributed by atoms with Gasteiger partial charge >= 0.3 is 0 Å². The molecule has 2 aliphatic rings. The summed E-state index contributed by atoms with van der Waals surface area (Å²) in [6.45, 7) is 7.63. The normalized spacial score (nSPS) is 21.2. The van der Waals surface area contributed by atoms with E-state index in [1.165, 1.54) is 18.4 Å². The fourth-order valence-electron chi connectivity index (χ4n) is 3.89. The van der Waals surface area contributed by atoms with Crippen LogP contribution >= 0.6 is 24.0 Å². The van der Waals surface area contributed by atoms with Crippen molar-refractivity contribution in [3.05, 3.63) is 29.8 Å². The highest BCUT2D eigenvalue weighted by atomic mass is 127. The molecule has 1 aliphatic heterocycles. The first-order valence-corrected chi connectivity index (χ1v) is 9.85. The van der Waals surface area contributed by atoms with Crippen molar-refractivity contribution in [3.63, 3.8) is 0 Å². The van der Waals surface area contributed by atoms with Crippen LogP contribution < -0.4 is 15.4 Å². The number of benzene rings is 1. The molecular formula is C21H34IN3O2. The van der Waals surface area contributed by atoms with E-state index in [0.29, 0.717) is 6.54 Å². The summed E-state index contributed by atoms with van der Waals surface area (Å²) in [5.41, 5.74) is 0.930. The molecule has 3 rings (SSSR count). The van der Waals surface area contributed by atoms with Crippen molar-refractivity contribution in [2.24, 2.45) is 4.99 Å². The molecule has 0 amide bonds. The second kappa shape index (κ2) is 9.45. The van der Waals surface area contributed by atoms with Crippen LogP contribution in [0.3, 0.4) is 0 Å². The molecule has 152 valence electrons. The third-order valence-corrected chi connectivity index (χ3v) is 5.54. The maximum Gasteiger partial charge on any atom is 0.191 e. The van der Waals surface area contributed by atoms with Gasteiger partial charge in [0.2, 0.25) is 0 Å². The molecule has 1 heterocycles. The average Bonchev–Trinajstić information content (AvgIpc) is 3.07. The molecule has 1 atom stereocenters. The highest BCUT2D eigenvalue weighted by Gasteiger charge is 2.43. The van der Waals surface area contributed by atoms with Crippen molar-refractivity contribution in [2.75, 3.05) is 20.2 Å². The molecule has 0 radical (unpaired) electrons. The van der Waals surface area contributed by atoms with Gasteiger partial charge in [-0.3, -0.25) is 4.99 Å². The minimum Gasteiger partial charge on any atom is -0.487 e. The highest BCUT2D eigenvalue weighted by Crippen LogP contribution is 2.46. The Morgan fingerprint density at radius 3 is 2.67 bits per heavy atom. The molecule has 1 aromatic carbocycles. The standard InChI is InChI=1S/C21H33N3O2.HI/c1-5-22-19(23-15-20(2,3)25-4)24-17-14-21(12-8-9-13-21)26-18-11-7-6-10-16(17)18;/h6-7,10-11,17H,5,8-9,12-15H2,1-4H3,(H2,22,23,24);1H. The number of fused-ring (bicyclic) bond motifs is 1. The molecule has 2 N–H and O–H groups in total. The highest BCUT2D eigenvalue weighted by molar-refractivity contribution is 14.0. The monoisotopic (exact) mass is 487 g/mol. The van der Waals surface area contributed by atoms with Crippen LogP contribution in [0, 0.1) is 0 Å². The lowest BCUT2D eigenvalue weighted by Crippen LogP contribution is -2.47. The first-order chi connectivity index (χ1) is 12.5. The molecule has 1 aromatic rings. The molecular weight excluding hydrogens is 453 g/mol. The van der Waals surface area contributed by atoms with Gasteiger partial charge in [-0.2, -0.15) is 0 Å². The zero-order valence-electron chi connectivity index (χ0n) is 17.0. The molecule has 1 saturated carbocycles. The largest absolute Gasteiger partial charge is 0.487 e. The summed E-state index contributed by atoms with van der Waals surface area (Å²) in [6, 6.07) is 8.62. The average molecular weight is 487 g/mol. The molecule has 1 unspecified atom stereocenters. The maximum atomic E-state index is 6.46. The van der Waals surface area contributed by atoms with Crippen LogP contribution in [-0.4, -0.2) is 37.4 Å². The van der Waals surface area contributed by atoms with Crippen molar-refractivity contribution in [1.82, 2.24) is 10.6 Å². The summed E-state index contributed by atoms with van der Waals surface area (Å²) in [6.07, 6.45) is 5.78. The van der Waals surface area contributed by atoms with Crippen LogP contribution in [0.4, 0.5) is 0 Å². The molecule has 6 heteroatoms. The predicted octanol–water partition coefficient (Wildman–Crippen LogP) is 4.42. The summed E-state index contributed by atoms with van der Waals surface area (Å²) in [4.78, 5) is 4.77. The number of hydrogen-bond donors (Lipinski definition) is 2. The van der Waals surface area contributed by atoms with Crippen molar-refractivity contribution in [1.29, 1.82) is 0 Å². The zero-order chi connectivity index (χ0) is 18.6. The summed E-state index contributed by atoms with van der Waals surface area (Å²) in [7, 11) is 1.73. The lowest BCUT2D eigenvalue weighted by Gasteiger charge is -2.40. The molecule has 1 spiro atoms.